The Hall–Kier alpha value is -2.74. The monoisotopic (exact) mass is 529 g/mol. The summed E-state index contributed by atoms with van der Waals surface area (Å²) >= 11 is 6.43. The summed E-state index contributed by atoms with van der Waals surface area (Å²) in [6.45, 7) is 5.42. The second kappa shape index (κ2) is 10.7. The molecule has 0 aromatic heterocycles. The minimum atomic E-state index is -2.73. The summed E-state index contributed by atoms with van der Waals surface area (Å²) in [5.41, 5.74) is 2.59. The molecule has 1 fully saturated rings. The van der Waals surface area contributed by atoms with E-state index in [1.807, 2.05) is 44.1 Å². The molecule has 2 heterocycles. The van der Waals surface area contributed by atoms with E-state index < -0.39 is 12.3 Å². The van der Waals surface area contributed by atoms with Crippen LogP contribution in [0.15, 0.2) is 42.5 Å². The van der Waals surface area contributed by atoms with Crippen molar-refractivity contribution in [3.8, 4) is 0 Å². The zero-order valence-electron chi connectivity index (χ0n) is 21.1. The lowest BCUT2D eigenvalue weighted by atomic mass is 9.98. The van der Waals surface area contributed by atoms with Gasteiger partial charge in [0.25, 0.3) is 5.91 Å². The van der Waals surface area contributed by atoms with Crippen molar-refractivity contribution in [1.82, 2.24) is 4.67 Å². The lowest BCUT2D eigenvalue weighted by Gasteiger charge is -2.42. The molecule has 10 heteroatoms. The Bertz CT molecular complexity index is 1210. The largest absolute Gasteiger partial charge is 0.466 e. The van der Waals surface area contributed by atoms with Crippen LogP contribution in [0, 0.1) is 5.92 Å². The summed E-state index contributed by atoms with van der Waals surface area (Å²) in [6.07, 6.45) is -1.47. The minimum absolute atomic E-state index is 0.145. The Labute approximate surface area is 217 Å². The van der Waals surface area contributed by atoms with E-state index in [9.17, 15) is 14.4 Å². The topological polar surface area (TPSA) is 79.4 Å². The normalized spacial score (nSPS) is 20.2. The second-order valence-electron chi connectivity index (χ2n) is 9.00. The molecule has 0 radical (unpaired) electrons. The summed E-state index contributed by atoms with van der Waals surface area (Å²) in [7, 11) is 3.87. The van der Waals surface area contributed by atoms with E-state index in [4.69, 9.17) is 21.3 Å². The van der Waals surface area contributed by atoms with Crippen LogP contribution in [0.3, 0.4) is 0 Å². The fraction of sp³-hybridized carbons (Fsp3) is 0.423. The average Bonchev–Trinajstić information content (AvgIpc) is 3.11. The predicted molar refractivity (Wildman–Crippen MR) is 145 cm³/mol. The molecule has 2 aliphatic heterocycles. The van der Waals surface area contributed by atoms with Crippen molar-refractivity contribution in [2.75, 3.05) is 50.0 Å². The fourth-order valence-corrected chi connectivity index (χ4v) is 9.27. The number of esters is 2. The van der Waals surface area contributed by atoms with E-state index in [1.54, 1.807) is 35.9 Å². The number of rotatable bonds is 7. The van der Waals surface area contributed by atoms with E-state index >= 15 is 0 Å². The highest BCUT2D eigenvalue weighted by molar-refractivity contribution is 8.18. The van der Waals surface area contributed by atoms with Gasteiger partial charge in [0, 0.05) is 38.2 Å². The number of carbonyl (C=O) groups excluding carboxylic acids is 3. The van der Waals surface area contributed by atoms with Gasteiger partial charge in [-0.05, 0) is 69.2 Å². The number of hydrogen-bond acceptors (Lipinski definition) is 7. The van der Waals surface area contributed by atoms with Crippen LogP contribution in [0.5, 0.6) is 0 Å². The number of amides is 1. The Kier molecular flexibility index (Phi) is 7.83. The van der Waals surface area contributed by atoms with Gasteiger partial charge in [-0.1, -0.05) is 11.8 Å². The first-order valence-electron chi connectivity index (χ1n) is 12.2. The first-order chi connectivity index (χ1) is 17.2. The Balaban J connectivity index is 1.73. The van der Waals surface area contributed by atoms with E-state index in [0.717, 1.165) is 11.0 Å². The molecule has 2 aliphatic rings. The van der Waals surface area contributed by atoms with Crippen molar-refractivity contribution in [1.29, 1.82) is 0 Å². The summed E-state index contributed by atoms with van der Waals surface area (Å²) in [5.74, 6) is -0.877. The second-order valence-corrected chi connectivity index (χ2v) is 13.1. The van der Waals surface area contributed by atoms with Gasteiger partial charge in [0.1, 0.15) is 6.34 Å². The molecule has 36 heavy (non-hydrogen) atoms. The number of anilines is 2. The minimum Gasteiger partial charge on any atom is -0.466 e. The zero-order valence-corrected chi connectivity index (χ0v) is 22.8. The molecule has 4 rings (SSSR count). The van der Waals surface area contributed by atoms with Crippen LogP contribution in [0.2, 0.25) is 0 Å². The number of benzene rings is 2. The van der Waals surface area contributed by atoms with Crippen LogP contribution >= 0.6 is 6.34 Å². The molecule has 0 saturated carbocycles. The van der Waals surface area contributed by atoms with Gasteiger partial charge in [-0.15, -0.1) is 0 Å². The maximum atomic E-state index is 13.9. The number of nitrogens with zero attached hydrogens (tertiary/aromatic N) is 3. The van der Waals surface area contributed by atoms with Crippen LogP contribution in [-0.4, -0.2) is 62.9 Å². The molecule has 0 spiro atoms. The third kappa shape index (κ3) is 4.67. The first-order valence-corrected chi connectivity index (χ1v) is 14.9. The quantitative estimate of drug-likeness (QED) is 0.396. The van der Waals surface area contributed by atoms with Crippen molar-refractivity contribution in [2.24, 2.45) is 5.92 Å². The molecule has 1 saturated heterocycles. The summed E-state index contributed by atoms with van der Waals surface area (Å²) in [4.78, 5) is 40.3. The number of piperidine rings is 1. The smallest absolute Gasteiger partial charge is 0.338 e. The molecule has 2 aromatic rings. The molecule has 8 nitrogen and oxygen atoms in total. The van der Waals surface area contributed by atoms with E-state index in [1.165, 1.54) is 0 Å². The molecular weight excluding hydrogens is 497 g/mol. The SMILES string of the molecule is CCOC(=O)c1ccc(N2C(=O)c3cc(N(C)C)ccc3P2(=S)N2CCC(C(=O)OCC)CC2)cc1. The van der Waals surface area contributed by atoms with Crippen LogP contribution in [-0.2, 0) is 26.1 Å². The van der Waals surface area contributed by atoms with E-state index in [0.29, 0.717) is 49.4 Å². The van der Waals surface area contributed by atoms with Crippen molar-refractivity contribution in [3.63, 3.8) is 0 Å². The van der Waals surface area contributed by atoms with Gasteiger partial charge in [-0.2, -0.15) is 0 Å². The van der Waals surface area contributed by atoms with Gasteiger partial charge in [-0.25, -0.2) is 4.79 Å². The lowest BCUT2D eigenvalue weighted by Crippen LogP contribution is -2.40. The van der Waals surface area contributed by atoms with Crippen LogP contribution in [0.1, 0.15) is 47.4 Å². The molecular formula is C26H32N3O5PS. The highest BCUT2D eigenvalue weighted by atomic mass is 32.4. The Morgan fingerprint density at radius 2 is 1.67 bits per heavy atom. The summed E-state index contributed by atoms with van der Waals surface area (Å²) in [6, 6.07) is 12.7. The van der Waals surface area contributed by atoms with Crippen LogP contribution in [0.25, 0.3) is 0 Å². The van der Waals surface area contributed by atoms with Gasteiger partial charge in [0.15, 0.2) is 0 Å². The van der Waals surface area contributed by atoms with Crippen molar-refractivity contribution < 1.29 is 23.9 Å². The van der Waals surface area contributed by atoms with Crippen molar-refractivity contribution in [2.45, 2.75) is 26.7 Å². The molecule has 1 unspecified atom stereocenters. The number of ether oxygens (including phenoxy) is 2. The molecule has 1 amide bonds. The molecule has 0 aliphatic carbocycles. The van der Waals surface area contributed by atoms with Gasteiger partial charge in [0.05, 0.1) is 35.9 Å². The van der Waals surface area contributed by atoms with E-state index in [-0.39, 0.29) is 24.4 Å². The van der Waals surface area contributed by atoms with Gasteiger partial charge in [-0.3, -0.25) is 18.9 Å². The maximum absolute atomic E-state index is 13.9. The van der Waals surface area contributed by atoms with Gasteiger partial charge < -0.3 is 14.4 Å². The Morgan fingerprint density at radius 1 is 1.03 bits per heavy atom. The summed E-state index contributed by atoms with van der Waals surface area (Å²) < 4.78 is 14.3. The Morgan fingerprint density at radius 3 is 2.25 bits per heavy atom. The predicted octanol–water partition coefficient (Wildman–Crippen LogP) is 3.80. The van der Waals surface area contributed by atoms with Crippen LogP contribution in [0.4, 0.5) is 11.4 Å². The maximum Gasteiger partial charge on any atom is 0.338 e. The molecule has 2 aromatic carbocycles. The molecule has 0 bridgehead atoms. The number of carbonyl (C=O) groups is 3. The third-order valence-corrected chi connectivity index (χ3v) is 11.5. The summed E-state index contributed by atoms with van der Waals surface area (Å²) in [5, 5.41) is 0.858. The highest BCUT2D eigenvalue weighted by Crippen LogP contribution is 2.60. The fourth-order valence-electron chi connectivity index (χ4n) is 4.71. The lowest BCUT2D eigenvalue weighted by molar-refractivity contribution is -0.149. The van der Waals surface area contributed by atoms with Gasteiger partial charge >= 0.3 is 11.9 Å². The molecule has 0 N–H and O–H groups in total. The van der Waals surface area contributed by atoms with Crippen LogP contribution < -0.4 is 14.9 Å². The van der Waals surface area contributed by atoms with Crippen molar-refractivity contribution in [3.05, 3.63) is 53.6 Å². The van der Waals surface area contributed by atoms with E-state index in [2.05, 4.69) is 4.67 Å². The first kappa shape index (κ1) is 26.3. The highest BCUT2D eigenvalue weighted by Gasteiger charge is 2.48. The standard InChI is InChI=1S/C26H32N3O5PS/c1-5-33-25(31)18-7-9-20(10-8-18)29-24(30)22-17-21(27(3)4)11-12-23(22)35(29,36)28-15-13-19(14-16-28)26(32)34-6-2/h7-12,17,19H,5-6,13-16H2,1-4H3. The molecule has 192 valence electrons. The number of hydrogen-bond donors (Lipinski definition) is 0. The average molecular weight is 530 g/mol. The third-order valence-electron chi connectivity index (χ3n) is 6.60. The van der Waals surface area contributed by atoms with Crippen molar-refractivity contribution >= 4 is 52.7 Å². The zero-order chi connectivity index (χ0) is 26.0. The molecule has 1 atom stereocenters. The number of fused-ring (bicyclic) bond motifs is 1. The van der Waals surface area contributed by atoms with Gasteiger partial charge in [0.2, 0.25) is 0 Å².